The van der Waals surface area contributed by atoms with Crippen molar-refractivity contribution in [2.24, 2.45) is 0 Å². The van der Waals surface area contributed by atoms with E-state index in [4.69, 9.17) is 9.47 Å². The van der Waals surface area contributed by atoms with Gasteiger partial charge in [-0.25, -0.2) is 4.79 Å². The predicted octanol–water partition coefficient (Wildman–Crippen LogP) is 2.00. The summed E-state index contributed by atoms with van der Waals surface area (Å²) in [7, 11) is 1.39. The Kier molecular flexibility index (Phi) is 5.25. The third-order valence-corrected chi connectivity index (χ3v) is 3.79. The van der Waals surface area contributed by atoms with E-state index in [-0.39, 0.29) is 29.0 Å². The van der Waals surface area contributed by atoms with E-state index in [2.05, 4.69) is 5.32 Å². The monoisotopic (exact) mass is 307 g/mol. The fourth-order valence-corrected chi connectivity index (χ4v) is 2.52. The molecule has 0 aromatic heterocycles. The lowest BCUT2D eigenvalue weighted by atomic mass is 10.2. The molecule has 0 aliphatic heterocycles. The zero-order valence-corrected chi connectivity index (χ0v) is 12.8. The second-order valence-corrected chi connectivity index (χ2v) is 5.39. The van der Waals surface area contributed by atoms with Crippen LogP contribution in [0.1, 0.15) is 43.0 Å². The number of hydrogen-bond acceptors (Lipinski definition) is 5. The highest BCUT2D eigenvalue weighted by Crippen LogP contribution is 2.30. The normalized spacial score (nSPS) is 16.1. The third kappa shape index (κ3) is 3.69. The van der Waals surface area contributed by atoms with Crippen molar-refractivity contribution < 1.29 is 24.2 Å². The highest BCUT2D eigenvalue weighted by atomic mass is 16.5. The second-order valence-electron chi connectivity index (χ2n) is 5.39. The number of benzene rings is 1. The fraction of sp³-hybridized carbons (Fsp3) is 0.500. The standard InChI is InChI=1S/C16H21NO5/c1-10(15(19)17-11-6-3-4-7-11)22-16(20)12-8-5-9-13(21-2)14(12)18/h5,8-11,18H,3-4,6-7H2,1-2H3,(H,17,19). The first-order chi connectivity index (χ1) is 10.5. The van der Waals surface area contributed by atoms with E-state index in [9.17, 15) is 14.7 Å². The fourth-order valence-electron chi connectivity index (χ4n) is 2.52. The van der Waals surface area contributed by atoms with Gasteiger partial charge < -0.3 is 19.9 Å². The number of nitrogens with one attached hydrogen (secondary N) is 1. The van der Waals surface area contributed by atoms with Crippen molar-refractivity contribution in [3.8, 4) is 11.5 Å². The summed E-state index contributed by atoms with van der Waals surface area (Å²) in [6, 6.07) is 4.68. The number of ether oxygens (including phenoxy) is 2. The summed E-state index contributed by atoms with van der Waals surface area (Å²) in [6.45, 7) is 1.51. The number of para-hydroxylation sites is 1. The van der Waals surface area contributed by atoms with E-state index < -0.39 is 12.1 Å². The van der Waals surface area contributed by atoms with Gasteiger partial charge in [-0.3, -0.25) is 4.79 Å². The van der Waals surface area contributed by atoms with Crippen LogP contribution in [-0.4, -0.2) is 36.2 Å². The molecule has 6 heteroatoms. The van der Waals surface area contributed by atoms with Gasteiger partial charge in [0.15, 0.2) is 17.6 Å². The molecular weight excluding hydrogens is 286 g/mol. The molecule has 1 aliphatic rings. The van der Waals surface area contributed by atoms with E-state index in [0.29, 0.717) is 0 Å². The predicted molar refractivity (Wildman–Crippen MR) is 79.9 cm³/mol. The lowest BCUT2D eigenvalue weighted by Gasteiger charge is -2.17. The number of carbonyl (C=O) groups excluding carboxylic acids is 2. The Bertz CT molecular complexity index is 551. The average Bonchev–Trinajstić information content (AvgIpc) is 3.00. The summed E-state index contributed by atoms with van der Waals surface area (Å²) >= 11 is 0. The van der Waals surface area contributed by atoms with Crippen molar-refractivity contribution in [1.82, 2.24) is 5.32 Å². The van der Waals surface area contributed by atoms with Crippen LogP contribution in [0.2, 0.25) is 0 Å². The molecule has 6 nitrogen and oxygen atoms in total. The molecule has 120 valence electrons. The van der Waals surface area contributed by atoms with E-state index in [1.165, 1.54) is 26.2 Å². The van der Waals surface area contributed by atoms with Crippen molar-refractivity contribution >= 4 is 11.9 Å². The molecule has 1 aromatic carbocycles. The van der Waals surface area contributed by atoms with Gasteiger partial charge in [0.05, 0.1) is 7.11 Å². The highest BCUT2D eigenvalue weighted by Gasteiger charge is 2.25. The van der Waals surface area contributed by atoms with Gasteiger partial charge in [0.1, 0.15) is 5.56 Å². The van der Waals surface area contributed by atoms with Crippen LogP contribution in [0.25, 0.3) is 0 Å². The highest BCUT2D eigenvalue weighted by molar-refractivity contribution is 5.95. The van der Waals surface area contributed by atoms with Crippen LogP contribution >= 0.6 is 0 Å². The molecule has 1 aromatic rings. The molecule has 1 amide bonds. The molecule has 2 N–H and O–H groups in total. The van der Waals surface area contributed by atoms with Gasteiger partial charge in [-0.1, -0.05) is 18.9 Å². The van der Waals surface area contributed by atoms with E-state index >= 15 is 0 Å². The summed E-state index contributed by atoms with van der Waals surface area (Å²) in [6.07, 6.45) is 3.22. The SMILES string of the molecule is COc1cccc(C(=O)OC(C)C(=O)NC2CCCC2)c1O. The van der Waals surface area contributed by atoms with Gasteiger partial charge in [0.25, 0.3) is 5.91 Å². The van der Waals surface area contributed by atoms with E-state index in [1.807, 2.05) is 0 Å². The Morgan fingerprint density at radius 2 is 2.00 bits per heavy atom. The maximum absolute atomic E-state index is 12.1. The van der Waals surface area contributed by atoms with E-state index in [1.54, 1.807) is 6.07 Å². The van der Waals surface area contributed by atoms with Crippen LogP contribution in [0, 0.1) is 0 Å². The number of phenols is 1. The van der Waals surface area contributed by atoms with Crippen LogP contribution in [0.5, 0.6) is 11.5 Å². The number of carbonyl (C=O) groups is 2. The number of esters is 1. The van der Waals surface area contributed by atoms with Gasteiger partial charge in [0, 0.05) is 6.04 Å². The molecule has 0 bridgehead atoms. The maximum atomic E-state index is 12.1. The largest absolute Gasteiger partial charge is 0.504 e. The minimum atomic E-state index is -0.918. The number of hydrogen-bond donors (Lipinski definition) is 2. The van der Waals surface area contributed by atoms with Crippen LogP contribution in [0.4, 0.5) is 0 Å². The molecule has 0 spiro atoms. The Morgan fingerprint density at radius 1 is 1.32 bits per heavy atom. The topological polar surface area (TPSA) is 84.9 Å². The molecular formula is C16H21NO5. The Morgan fingerprint density at radius 3 is 2.64 bits per heavy atom. The lowest BCUT2D eigenvalue weighted by Crippen LogP contribution is -2.40. The smallest absolute Gasteiger partial charge is 0.342 e. The third-order valence-electron chi connectivity index (χ3n) is 3.79. The first-order valence-corrected chi connectivity index (χ1v) is 7.40. The molecule has 0 saturated heterocycles. The van der Waals surface area contributed by atoms with Gasteiger partial charge in [0.2, 0.25) is 0 Å². The van der Waals surface area contributed by atoms with Crippen LogP contribution in [0.15, 0.2) is 18.2 Å². The first-order valence-electron chi connectivity index (χ1n) is 7.40. The Labute approximate surface area is 129 Å². The molecule has 1 fully saturated rings. The number of methoxy groups -OCH3 is 1. The molecule has 1 aliphatic carbocycles. The quantitative estimate of drug-likeness (QED) is 0.813. The van der Waals surface area contributed by atoms with Crippen LogP contribution in [0.3, 0.4) is 0 Å². The summed E-state index contributed by atoms with van der Waals surface area (Å²) in [5.74, 6) is -1.19. The molecule has 0 radical (unpaired) electrons. The van der Waals surface area contributed by atoms with Gasteiger partial charge in [-0.15, -0.1) is 0 Å². The maximum Gasteiger partial charge on any atom is 0.342 e. The van der Waals surface area contributed by atoms with Gasteiger partial charge >= 0.3 is 5.97 Å². The lowest BCUT2D eigenvalue weighted by molar-refractivity contribution is -0.129. The molecule has 1 atom stereocenters. The number of rotatable bonds is 5. The Balaban J connectivity index is 1.97. The van der Waals surface area contributed by atoms with Crippen molar-refractivity contribution in [2.75, 3.05) is 7.11 Å². The minimum absolute atomic E-state index is 0.0279. The zero-order chi connectivity index (χ0) is 16.1. The summed E-state index contributed by atoms with van der Waals surface area (Å²) in [5.41, 5.74) is -0.0279. The van der Waals surface area contributed by atoms with Crippen molar-refractivity contribution in [2.45, 2.75) is 44.8 Å². The summed E-state index contributed by atoms with van der Waals surface area (Å²) in [5, 5.41) is 12.8. The minimum Gasteiger partial charge on any atom is -0.504 e. The second kappa shape index (κ2) is 7.15. The number of aromatic hydroxyl groups is 1. The van der Waals surface area contributed by atoms with Gasteiger partial charge in [-0.05, 0) is 31.9 Å². The Hall–Kier alpha value is -2.24. The molecule has 1 saturated carbocycles. The first kappa shape index (κ1) is 16.1. The number of phenolic OH excluding ortho intramolecular Hbond substituents is 1. The van der Waals surface area contributed by atoms with Crippen molar-refractivity contribution in [3.05, 3.63) is 23.8 Å². The van der Waals surface area contributed by atoms with Gasteiger partial charge in [-0.2, -0.15) is 0 Å². The molecule has 2 rings (SSSR count). The van der Waals surface area contributed by atoms with Crippen LogP contribution in [-0.2, 0) is 9.53 Å². The van der Waals surface area contributed by atoms with Crippen molar-refractivity contribution in [3.63, 3.8) is 0 Å². The summed E-state index contributed by atoms with van der Waals surface area (Å²) in [4.78, 5) is 24.1. The molecule has 1 unspecified atom stereocenters. The molecule has 22 heavy (non-hydrogen) atoms. The van der Waals surface area contributed by atoms with Crippen LogP contribution < -0.4 is 10.1 Å². The van der Waals surface area contributed by atoms with E-state index in [0.717, 1.165) is 25.7 Å². The molecule has 0 heterocycles. The van der Waals surface area contributed by atoms with Crippen molar-refractivity contribution in [1.29, 1.82) is 0 Å². The average molecular weight is 307 g/mol. The zero-order valence-electron chi connectivity index (χ0n) is 12.8. The number of amides is 1. The summed E-state index contributed by atoms with van der Waals surface area (Å²) < 4.78 is 10.1.